The van der Waals surface area contributed by atoms with Crippen LogP contribution < -0.4 is 5.32 Å². The van der Waals surface area contributed by atoms with Crippen LogP contribution in [0, 0.1) is 0 Å². The molecule has 0 radical (unpaired) electrons. The van der Waals surface area contributed by atoms with Gasteiger partial charge in [0.15, 0.2) is 5.58 Å². The molecular weight excluding hydrogens is 404 g/mol. The summed E-state index contributed by atoms with van der Waals surface area (Å²) < 4.78 is 7.53. The average molecular weight is 443 g/mol. The number of amides is 2. The van der Waals surface area contributed by atoms with Gasteiger partial charge in [0, 0.05) is 24.7 Å². The fourth-order valence-corrected chi connectivity index (χ4v) is 5.38. The van der Waals surface area contributed by atoms with Crippen molar-refractivity contribution >= 4 is 22.9 Å². The van der Waals surface area contributed by atoms with Crippen molar-refractivity contribution in [3.63, 3.8) is 0 Å². The van der Waals surface area contributed by atoms with Crippen LogP contribution in [-0.4, -0.2) is 63.9 Å². The molecule has 7 nitrogen and oxygen atoms in total. The molecule has 1 aliphatic carbocycles. The highest BCUT2D eigenvalue weighted by molar-refractivity contribution is 6.02. The Kier molecular flexibility index (Phi) is 6.93. The molecule has 2 amide bonds. The van der Waals surface area contributed by atoms with Crippen molar-refractivity contribution in [2.24, 2.45) is 0 Å². The van der Waals surface area contributed by atoms with Crippen LogP contribution in [0.4, 0.5) is 0 Å². The van der Waals surface area contributed by atoms with Gasteiger partial charge in [0.25, 0.3) is 5.91 Å². The Morgan fingerprint density at radius 1 is 1.22 bits per heavy atom. The normalized spacial score (nSPS) is 22.4. The zero-order valence-corrected chi connectivity index (χ0v) is 19.9. The molecule has 4 rings (SSSR count). The molecule has 3 heterocycles. The smallest absolute Gasteiger partial charge is 0.271 e. The highest BCUT2D eigenvalue weighted by Gasteiger charge is 2.48. The van der Waals surface area contributed by atoms with Crippen LogP contribution >= 0.6 is 0 Å². The van der Waals surface area contributed by atoms with E-state index in [4.69, 9.17) is 4.42 Å². The number of furan rings is 1. The van der Waals surface area contributed by atoms with Gasteiger partial charge in [-0.1, -0.05) is 39.5 Å². The highest BCUT2D eigenvalue weighted by Crippen LogP contribution is 2.33. The van der Waals surface area contributed by atoms with E-state index in [9.17, 15) is 9.59 Å². The molecule has 2 aromatic rings. The molecule has 0 saturated heterocycles. The van der Waals surface area contributed by atoms with Gasteiger partial charge in [0.05, 0.1) is 18.3 Å². The van der Waals surface area contributed by atoms with E-state index in [0.717, 1.165) is 57.3 Å². The molecule has 1 fully saturated rings. The predicted octanol–water partition coefficient (Wildman–Crippen LogP) is 4.02. The van der Waals surface area contributed by atoms with Crippen LogP contribution in [0.5, 0.6) is 0 Å². The minimum Gasteiger partial charge on any atom is -0.463 e. The van der Waals surface area contributed by atoms with Gasteiger partial charge in [-0.2, -0.15) is 0 Å². The maximum absolute atomic E-state index is 13.7. The average Bonchev–Trinajstić information content (AvgIpc) is 3.28. The summed E-state index contributed by atoms with van der Waals surface area (Å²) in [5, 5.41) is 3.33. The Morgan fingerprint density at radius 3 is 2.62 bits per heavy atom. The number of aromatic nitrogens is 1. The molecule has 0 aromatic carbocycles. The van der Waals surface area contributed by atoms with E-state index in [1.165, 1.54) is 12.8 Å². The van der Waals surface area contributed by atoms with Gasteiger partial charge in [-0.05, 0) is 45.8 Å². The number of hydrogen-bond donors (Lipinski definition) is 1. The van der Waals surface area contributed by atoms with E-state index in [1.807, 2.05) is 28.5 Å². The first-order chi connectivity index (χ1) is 15.5. The van der Waals surface area contributed by atoms with Gasteiger partial charge in [-0.3, -0.25) is 9.59 Å². The summed E-state index contributed by atoms with van der Waals surface area (Å²) in [6, 6.07) is 3.90. The number of fused-ring (bicyclic) bond motifs is 3. The number of rotatable bonds is 8. The SMILES string of the molecule is CCN(CC)CCCN1C(=O)c2cc3occc3n2C[C@]1(C)C(=O)NC1CCCCCC1. The van der Waals surface area contributed by atoms with Gasteiger partial charge in [-0.15, -0.1) is 0 Å². The van der Waals surface area contributed by atoms with Gasteiger partial charge < -0.3 is 24.1 Å². The van der Waals surface area contributed by atoms with E-state index < -0.39 is 5.54 Å². The summed E-state index contributed by atoms with van der Waals surface area (Å²) >= 11 is 0. The largest absolute Gasteiger partial charge is 0.463 e. The molecule has 1 N–H and O–H groups in total. The number of hydrogen-bond acceptors (Lipinski definition) is 4. The van der Waals surface area contributed by atoms with E-state index in [1.54, 1.807) is 6.26 Å². The third-order valence-electron chi connectivity index (χ3n) is 7.48. The van der Waals surface area contributed by atoms with Crippen LogP contribution in [0.2, 0.25) is 0 Å². The summed E-state index contributed by atoms with van der Waals surface area (Å²) in [6.07, 6.45) is 9.34. The molecule has 0 bridgehead atoms. The zero-order chi connectivity index (χ0) is 22.7. The summed E-state index contributed by atoms with van der Waals surface area (Å²) in [4.78, 5) is 31.5. The highest BCUT2D eigenvalue weighted by atomic mass is 16.3. The Hall–Kier alpha value is -2.28. The summed E-state index contributed by atoms with van der Waals surface area (Å²) in [6.45, 7) is 10.1. The lowest BCUT2D eigenvalue weighted by Crippen LogP contribution is -2.65. The molecule has 32 heavy (non-hydrogen) atoms. The minimum atomic E-state index is -0.928. The number of carbonyl (C=O) groups is 2. The second-order valence-electron chi connectivity index (χ2n) is 9.56. The van der Waals surface area contributed by atoms with Gasteiger partial charge in [0.1, 0.15) is 11.2 Å². The molecule has 1 saturated carbocycles. The lowest BCUT2D eigenvalue weighted by molar-refractivity contribution is -0.133. The van der Waals surface area contributed by atoms with Crippen LogP contribution in [0.1, 0.15) is 76.2 Å². The standard InChI is InChI=1S/C25H38N4O3/c1-4-27(5-2)14-10-15-29-23(30)21-17-22-20(13-16-32-22)28(21)18-25(29,3)24(31)26-19-11-8-6-7-9-12-19/h13,16-17,19H,4-12,14-15,18H2,1-3H3,(H,26,31)/t25-/m1/s1. The zero-order valence-electron chi connectivity index (χ0n) is 19.9. The number of carbonyl (C=O) groups excluding carboxylic acids is 2. The van der Waals surface area contributed by atoms with Crippen molar-refractivity contribution in [1.82, 2.24) is 19.7 Å². The van der Waals surface area contributed by atoms with E-state index >= 15 is 0 Å². The summed E-state index contributed by atoms with van der Waals surface area (Å²) in [5.74, 6) is -0.114. The monoisotopic (exact) mass is 442 g/mol. The predicted molar refractivity (Wildman–Crippen MR) is 126 cm³/mol. The molecule has 1 atom stereocenters. The third kappa shape index (κ3) is 4.32. The molecule has 1 aliphatic heterocycles. The molecule has 2 aliphatic rings. The van der Waals surface area contributed by atoms with E-state index in [0.29, 0.717) is 24.4 Å². The Bertz CT molecular complexity index is 936. The van der Waals surface area contributed by atoms with Crippen molar-refractivity contribution in [1.29, 1.82) is 0 Å². The Labute approximate surface area is 191 Å². The van der Waals surface area contributed by atoms with Crippen LogP contribution in [0.25, 0.3) is 11.1 Å². The van der Waals surface area contributed by atoms with Gasteiger partial charge >= 0.3 is 0 Å². The Balaban J connectivity index is 1.60. The first-order valence-electron chi connectivity index (χ1n) is 12.4. The number of nitrogens with zero attached hydrogens (tertiary/aromatic N) is 3. The molecule has 0 spiro atoms. The van der Waals surface area contributed by atoms with Crippen molar-refractivity contribution in [3.05, 3.63) is 24.1 Å². The summed E-state index contributed by atoms with van der Waals surface area (Å²) in [7, 11) is 0. The lowest BCUT2D eigenvalue weighted by atomic mass is 9.93. The third-order valence-corrected chi connectivity index (χ3v) is 7.48. The van der Waals surface area contributed by atoms with Crippen molar-refractivity contribution in [2.75, 3.05) is 26.2 Å². The van der Waals surface area contributed by atoms with Crippen LogP contribution in [0.15, 0.2) is 22.8 Å². The molecule has 0 unspecified atom stereocenters. The first-order valence-corrected chi connectivity index (χ1v) is 12.4. The fourth-order valence-electron chi connectivity index (χ4n) is 5.38. The molecule has 176 valence electrons. The topological polar surface area (TPSA) is 70.7 Å². The quantitative estimate of drug-likeness (QED) is 0.627. The van der Waals surface area contributed by atoms with Crippen LogP contribution in [0.3, 0.4) is 0 Å². The van der Waals surface area contributed by atoms with Crippen LogP contribution in [-0.2, 0) is 11.3 Å². The maximum Gasteiger partial charge on any atom is 0.271 e. The van der Waals surface area contributed by atoms with Crippen molar-refractivity contribution < 1.29 is 14.0 Å². The van der Waals surface area contributed by atoms with Gasteiger partial charge in [-0.25, -0.2) is 0 Å². The van der Waals surface area contributed by atoms with Crippen molar-refractivity contribution in [2.45, 2.75) is 83.8 Å². The van der Waals surface area contributed by atoms with Crippen molar-refractivity contribution in [3.8, 4) is 0 Å². The molecule has 7 heteroatoms. The summed E-state index contributed by atoms with van der Waals surface area (Å²) in [5.41, 5.74) is 1.26. The lowest BCUT2D eigenvalue weighted by Gasteiger charge is -2.44. The minimum absolute atomic E-state index is 0.0309. The maximum atomic E-state index is 13.7. The van der Waals surface area contributed by atoms with Gasteiger partial charge in [0.2, 0.25) is 5.91 Å². The number of nitrogens with one attached hydrogen (secondary N) is 1. The first kappa shape index (κ1) is 22.9. The second kappa shape index (κ2) is 9.69. The molecule has 2 aromatic heterocycles. The molecular formula is C25H38N4O3. The fraction of sp³-hybridized carbons (Fsp3) is 0.680. The second-order valence-corrected chi connectivity index (χ2v) is 9.56. The van der Waals surface area contributed by atoms with E-state index in [-0.39, 0.29) is 17.9 Å². The Morgan fingerprint density at radius 2 is 1.94 bits per heavy atom. The van der Waals surface area contributed by atoms with E-state index in [2.05, 4.69) is 24.1 Å².